The van der Waals surface area contributed by atoms with Crippen LogP contribution in [0.1, 0.15) is 6.92 Å². The van der Waals surface area contributed by atoms with E-state index in [2.05, 4.69) is 10.5 Å². The van der Waals surface area contributed by atoms with Gasteiger partial charge in [0, 0.05) is 12.5 Å². The topological polar surface area (TPSA) is 43.4 Å². The van der Waals surface area contributed by atoms with Crippen LogP contribution in [0.5, 0.6) is 0 Å². The van der Waals surface area contributed by atoms with E-state index in [-0.39, 0.29) is 12.4 Å². The average Bonchev–Trinajstić information content (AvgIpc) is 2.42. The summed E-state index contributed by atoms with van der Waals surface area (Å²) in [6, 6.07) is 0. The Morgan fingerprint density at radius 3 is 2.93 bits per heavy atom. The van der Waals surface area contributed by atoms with Crippen molar-refractivity contribution < 1.29 is 14.3 Å². The van der Waals surface area contributed by atoms with Gasteiger partial charge in [-0.15, -0.1) is 5.73 Å². The Balaban J connectivity index is 2.61. The summed E-state index contributed by atoms with van der Waals surface area (Å²) in [5.74, 6) is -0.685. The first-order chi connectivity index (χ1) is 6.70. The summed E-state index contributed by atoms with van der Waals surface area (Å²) >= 11 is 0. The van der Waals surface area contributed by atoms with Gasteiger partial charge < -0.3 is 4.74 Å². The zero-order valence-electron chi connectivity index (χ0n) is 7.82. The van der Waals surface area contributed by atoms with E-state index in [0.29, 0.717) is 5.57 Å². The second kappa shape index (κ2) is 5.00. The van der Waals surface area contributed by atoms with Crippen molar-refractivity contribution in [1.29, 1.82) is 0 Å². The first-order valence-electron chi connectivity index (χ1n) is 4.16. The standard InChI is InChI=1S/C11H10O3/c1-9(12)14-8-11(13)10-6-4-2-3-5-7-10/h2-4,6-7H,8H2,1H3. The number of carbonyl (C=O) groups is 2. The van der Waals surface area contributed by atoms with Gasteiger partial charge in [-0.1, -0.05) is 18.2 Å². The Morgan fingerprint density at radius 2 is 2.21 bits per heavy atom. The molecule has 1 aliphatic carbocycles. The Labute approximate surface area is 82.1 Å². The Bertz CT molecular complexity index is 366. The number of Topliss-reactive ketones (excluding diaryl/α,β-unsaturated/α-hetero) is 1. The molecule has 0 spiro atoms. The number of allylic oxidation sites excluding steroid dienone is 4. The lowest BCUT2D eigenvalue weighted by Crippen LogP contribution is -2.12. The second-order valence-electron chi connectivity index (χ2n) is 2.69. The summed E-state index contributed by atoms with van der Waals surface area (Å²) in [5.41, 5.74) is 3.28. The van der Waals surface area contributed by atoms with Crippen LogP contribution >= 0.6 is 0 Å². The third-order valence-corrected chi connectivity index (χ3v) is 1.55. The number of ether oxygens (including phenoxy) is 1. The molecule has 0 aromatic heterocycles. The zero-order valence-corrected chi connectivity index (χ0v) is 7.82. The van der Waals surface area contributed by atoms with Crippen LogP contribution in [0.25, 0.3) is 0 Å². The van der Waals surface area contributed by atoms with Crippen LogP contribution in [0.15, 0.2) is 41.7 Å². The van der Waals surface area contributed by atoms with E-state index in [4.69, 9.17) is 0 Å². The molecule has 0 fully saturated rings. The summed E-state index contributed by atoms with van der Waals surface area (Å²) in [7, 11) is 0. The van der Waals surface area contributed by atoms with Gasteiger partial charge >= 0.3 is 5.97 Å². The summed E-state index contributed by atoms with van der Waals surface area (Å²) in [6.07, 6.45) is 8.41. The highest BCUT2D eigenvalue weighted by Gasteiger charge is 2.07. The first-order valence-corrected chi connectivity index (χ1v) is 4.16. The Kier molecular flexibility index (Phi) is 3.65. The molecule has 1 aliphatic rings. The Hall–Kier alpha value is -1.86. The van der Waals surface area contributed by atoms with Crippen molar-refractivity contribution in [2.75, 3.05) is 6.61 Å². The molecule has 0 atom stereocenters. The van der Waals surface area contributed by atoms with E-state index < -0.39 is 5.97 Å². The van der Waals surface area contributed by atoms with Crippen molar-refractivity contribution in [1.82, 2.24) is 0 Å². The molecule has 0 saturated carbocycles. The maximum absolute atomic E-state index is 11.4. The van der Waals surface area contributed by atoms with Crippen LogP contribution in [-0.4, -0.2) is 18.4 Å². The van der Waals surface area contributed by atoms with E-state index >= 15 is 0 Å². The normalized spacial score (nSPS) is 13.4. The van der Waals surface area contributed by atoms with Crippen LogP contribution in [0.2, 0.25) is 0 Å². The quantitative estimate of drug-likeness (QED) is 0.498. The SMILES string of the molecule is CC(=O)OCC(=O)C1=CC=CC=C=C1. The highest BCUT2D eigenvalue weighted by Crippen LogP contribution is 2.02. The minimum atomic E-state index is -0.456. The molecule has 0 heterocycles. The fraction of sp³-hybridized carbons (Fsp3) is 0.182. The zero-order chi connectivity index (χ0) is 10.4. The molecule has 3 nitrogen and oxygen atoms in total. The van der Waals surface area contributed by atoms with Crippen molar-refractivity contribution in [3.8, 4) is 0 Å². The van der Waals surface area contributed by atoms with Crippen molar-refractivity contribution in [2.24, 2.45) is 0 Å². The molecule has 3 heteroatoms. The van der Waals surface area contributed by atoms with Gasteiger partial charge in [0.2, 0.25) is 5.78 Å². The van der Waals surface area contributed by atoms with Gasteiger partial charge in [0.05, 0.1) is 0 Å². The van der Waals surface area contributed by atoms with Crippen molar-refractivity contribution in [3.05, 3.63) is 41.7 Å². The predicted molar refractivity (Wildman–Crippen MR) is 51.5 cm³/mol. The van der Waals surface area contributed by atoms with Gasteiger partial charge in [0.1, 0.15) is 0 Å². The molecule has 14 heavy (non-hydrogen) atoms. The molecule has 0 amide bonds. The lowest BCUT2D eigenvalue weighted by Gasteiger charge is -2.00. The first kappa shape index (κ1) is 10.2. The monoisotopic (exact) mass is 190 g/mol. The lowest BCUT2D eigenvalue weighted by atomic mass is 10.1. The summed E-state index contributed by atoms with van der Waals surface area (Å²) in [5, 5.41) is 0. The highest BCUT2D eigenvalue weighted by atomic mass is 16.5. The molecule has 1 rings (SSSR count). The largest absolute Gasteiger partial charge is 0.457 e. The summed E-state index contributed by atoms with van der Waals surface area (Å²) in [6.45, 7) is 1.05. The van der Waals surface area contributed by atoms with Crippen molar-refractivity contribution in [2.45, 2.75) is 6.92 Å². The number of carbonyl (C=O) groups excluding carboxylic acids is 2. The highest BCUT2D eigenvalue weighted by molar-refractivity contribution is 5.99. The molecule has 72 valence electrons. The molecular formula is C11H10O3. The smallest absolute Gasteiger partial charge is 0.303 e. The van der Waals surface area contributed by atoms with E-state index in [9.17, 15) is 9.59 Å². The van der Waals surface area contributed by atoms with E-state index in [1.807, 2.05) is 0 Å². The van der Waals surface area contributed by atoms with Crippen LogP contribution in [0.3, 0.4) is 0 Å². The molecule has 0 aromatic carbocycles. The van der Waals surface area contributed by atoms with Crippen LogP contribution in [-0.2, 0) is 14.3 Å². The van der Waals surface area contributed by atoms with E-state index in [0.717, 1.165) is 0 Å². The maximum atomic E-state index is 11.4. The molecule has 0 bridgehead atoms. The predicted octanol–water partition coefficient (Wildman–Crippen LogP) is 1.33. The fourth-order valence-corrected chi connectivity index (χ4v) is 0.880. The second-order valence-corrected chi connectivity index (χ2v) is 2.69. The molecule has 0 saturated heterocycles. The van der Waals surface area contributed by atoms with Gasteiger partial charge in [-0.3, -0.25) is 9.59 Å². The van der Waals surface area contributed by atoms with Crippen LogP contribution in [0, 0.1) is 0 Å². The van der Waals surface area contributed by atoms with Crippen molar-refractivity contribution >= 4 is 11.8 Å². The van der Waals surface area contributed by atoms with Gasteiger partial charge in [0.15, 0.2) is 6.61 Å². The van der Waals surface area contributed by atoms with Gasteiger partial charge in [-0.2, -0.15) is 0 Å². The third-order valence-electron chi connectivity index (χ3n) is 1.55. The molecule has 0 aromatic rings. The van der Waals surface area contributed by atoms with E-state index in [1.165, 1.54) is 6.92 Å². The maximum Gasteiger partial charge on any atom is 0.303 e. The minimum absolute atomic E-state index is 0.215. The van der Waals surface area contributed by atoms with E-state index in [1.54, 1.807) is 30.4 Å². The lowest BCUT2D eigenvalue weighted by molar-refractivity contribution is -0.144. The third kappa shape index (κ3) is 3.25. The van der Waals surface area contributed by atoms with Crippen LogP contribution < -0.4 is 0 Å². The summed E-state index contributed by atoms with van der Waals surface area (Å²) < 4.78 is 4.59. The van der Waals surface area contributed by atoms with Crippen LogP contribution in [0.4, 0.5) is 0 Å². The molecule has 0 unspecified atom stereocenters. The Morgan fingerprint density at radius 1 is 1.43 bits per heavy atom. The molecular weight excluding hydrogens is 180 g/mol. The average molecular weight is 190 g/mol. The number of rotatable bonds is 3. The number of hydrogen-bond acceptors (Lipinski definition) is 3. The van der Waals surface area contributed by atoms with Gasteiger partial charge in [0.25, 0.3) is 0 Å². The molecule has 0 radical (unpaired) electrons. The van der Waals surface area contributed by atoms with Gasteiger partial charge in [-0.25, -0.2) is 0 Å². The van der Waals surface area contributed by atoms with Gasteiger partial charge in [-0.05, 0) is 12.2 Å². The van der Waals surface area contributed by atoms with Crippen molar-refractivity contribution in [3.63, 3.8) is 0 Å². The minimum Gasteiger partial charge on any atom is -0.457 e. The number of hydrogen-bond donors (Lipinski definition) is 0. The number of esters is 1. The fourth-order valence-electron chi connectivity index (χ4n) is 0.880. The molecule has 0 N–H and O–H groups in total. The summed E-state index contributed by atoms with van der Waals surface area (Å²) in [4.78, 5) is 21.8. The number of ketones is 1. The molecule has 0 aliphatic heterocycles.